The molecule has 3 rings (SSSR count). The van der Waals surface area contributed by atoms with E-state index in [4.69, 9.17) is 19.0 Å². The first kappa shape index (κ1) is 41.4. The first-order valence-corrected chi connectivity index (χ1v) is 16.5. The molecule has 3 fully saturated rings. The zero-order chi connectivity index (χ0) is 34.8. The fourth-order valence-electron chi connectivity index (χ4n) is 9.56. The summed E-state index contributed by atoms with van der Waals surface area (Å²) in [6.45, 7) is 36.7. The van der Waals surface area contributed by atoms with Gasteiger partial charge in [-0.3, -0.25) is 4.84 Å². The van der Waals surface area contributed by atoms with E-state index in [0.717, 1.165) is 38.5 Å². The number of hydroxylamine groups is 4. The third-order valence-electron chi connectivity index (χ3n) is 9.58. The van der Waals surface area contributed by atoms with Gasteiger partial charge in [-0.15, -0.1) is 6.58 Å². The van der Waals surface area contributed by atoms with Crippen LogP contribution in [0.25, 0.3) is 0 Å². The Morgan fingerprint density at radius 1 is 0.568 bits per heavy atom. The van der Waals surface area contributed by atoms with Gasteiger partial charge in [0, 0.05) is 54.6 Å². The predicted octanol–water partition coefficient (Wildman–Crippen LogP) is 7.93. The molecule has 2 N–H and O–H groups in total. The van der Waals surface area contributed by atoms with Crippen LogP contribution in [0.5, 0.6) is 0 Å². The number of hydrogen-bond donors (Lipinski definition) is 2. The Bertz CT molecular complexity index is 883. The van der Waals surface area contributed by atoms with Gasteiger partial charge in [0.15, 0.2) is 0 Å². The lowest BCUT2D eigenvalue weighted by Gasteiger charge is -2.56. The Hall–Kier alpha value is -0.580. The topological polar surface area (TPSA) is 75.7 Å². The molecule has 0 atom stereocenters. The van der Waals surface area contributed by atoms with E-state index in [-0.39, 0.29) is 50.0 Å². The molecular weight excluding hydrogens is 554 g/mol. The van der Waals surface area contributed by atoms with Crippen molar-refractivity contribution in [1.29, 1.82) is 0 Å². The average molecular weight is 628 g/mol. The second-order valence-electron chi connectivity index (χ2n) is 18.4. The van der Waals surface area contributed by atoms with Crippen molar-refractivity contribution in [2.24, 2.45) is 0 Å². The van der Waals surface area contributed by atoms with Crippen LogP contribution in [0.4, 0.5) is 0 Å². The molecule has 262 valence electrons. The highest BCUT2D eigenvalue weighted by molar-refractivity contribution is 5.05. The molecule has 0 radical (unpaired) electrons. The van der Waals surface area contributed by atoms with Crippen molar-refractivity contribution in [3.05, 3.63) is 12.7 Å². The largest absolute Gasteiger partial charge is 0.378 e. The Morgan fingerprint density at radius 2 is 0.864 bits per heavy atom. The second-order valence-corrected chi connectivity index (χ2v) is 18.4. The van der Waals surface area contributed by atoms with Crippen molar-refractivity contribution in [1.82, 2.24) is 15.4 Å². The normalized spacial score (nSPS) is 28.8. The quantitative estimate of drug-likeness (QED) is 0.288. The van der Waals surface area contributed by atoms with Gasteiger partial charge in [0.05, 0.1) is 23.4 Å². The molecule has 0 aliphatic carbocycles. The number of hydrogen-bond acceptors (Lipinski definition) is 8. The van der Waals surface area contributed by atoms with Crippen LogP contribution in [0.1, 0.15) is 142 Å². The Balaban J connectivity index is 0.000000333. The van der Waals surface area contributed by atoms with Crippen LogP contribution in [-0.4, -0.2) is 93.3 Å². The van der Waals surface area contributed by atoms with Crippen molar-refractivity contribution in [3.63, 3.8) is 0 Å². The molecule has 0 aromatic heterocycles. The van der Waals surface area contributed by atoms with E-state index in [0.29, 0.717) is 6.61 Å². The molecule has 44 heavy (non-hydrogen) atoms. The molecule has 3 heterocycles. The average Bonchev–Trinajstić information content (AvgIpc) is 2.79. The highest BCUT2D eigenvalue weighted by atomic mass is 16.7. The molecule has 8 nitrogen and oxygen atoms in total. The minimum absolute atomic E-state index is 0.0260. The molecule has 0 amide bonds. The SMILES string of the molecule is C=CCON1C(C)(C)CC(C)(OC)CC1(C)C.COC1(C)CC(C)(C)N(O)C(C)(C)C1.COC1(C)CC(C)(C)NC(C)(C)C1. The summed E-state index contributed by atoms with van der Waals surface area (Å²) in [4.78, 5) is 5.86. The summed E-state index contributed by atoms with van der Waals surface area (Å²) in [5, 5.41) is 17.3. The van der Waals surface area contributed by atoms with Crippen molar-refractivity contribution in [2.75, 3.05) is 27.9 Å². The van der Waals surface area contributed by atoms with Gasteiger partial charge in [-0.1, -0.05) is 6.08 Å². The number of rotatable bonds is 6. The van der Waals surface area contributed by atoms with Gasteiger partial charge in [-0.05, 0) is 142 Å². The Labute approximate surface area is 272 Å². The zero-order valence-corrected chi connectivity index (χ0v) is 32.2. The molecule has 0 unspecified atom stereocenters. The molecule has 3 saturated heterocycles. The summed E-state index contributed by atoms with van der Waals surface area (Å²) in [5.74, 6) is 0. The van der Waals surface area contributed by atoms with Gasteiger partial charge >= 0.3 is 0 Å². The first-order valence-electron chi connectivity index (χ1n) is 16.5. The molecule has 0 saturated carbocycles. The van der Waals surface area contributed by atoms with E-state index in [1.807, 2.05) is 34.8 Å². The molecule has 0 aromatic rings. The Morgan fingerprint density at radius 3 is 1.16 bits per heavy atom. The molecule has 3 aliphatic rings. The monoisotopic (exact) mass is 628 g/mol. The van der Waals surface area contributed by atoms with Crippen molar-refractivity contribution in [2.45, 2.75) is 192 Å². The fourth-order valence-corrected chi connectivity index (χ4v) is 9.56. The van der Waals surface area contributed by atoms with Crippen molar-refractivity contribution < 1.29 is 24.3 Å². The summed E-state index contributed by atoms with van der Waals surface area (Å²) in [6.07, 6.45) is 7.52. The van der Waals surface area contributed by atoms with Crippen LogP contribution in [0.15, 0.2) is 12.7 Å². The number of piperidine rings is 3. The first-order chi connectivity index (χ1) is 19.5. The molecule has 0 aromatic carbocycles. The number of nitrogens with zero attached hydrogens (tertiary/aromatic N) is 2. The van der Waals surface area contributed by atoms with Crippen LogP contribution in [0, 0.1) is 0 Å². The van der Waals surface area contributed by atoms with Gasteiger partial charge in [0.2, 0.25) is 0 Å². The van der Waals surface area contributed by atoms with Crippen LogP contribution in [0.2, 0.25) is 0 Å². The lowest BCUT2D eigenvalue weighted by atomic mass is 9.73. The molecule has 3 aliphatic heterocycles. The lowest BCUT2D eigenvalue weighted by Crippen LogP contribution is -2.64. The van der Waals surface area contributed by atoms with Gasteiger partial charge in [0.1, 0.15) is 0 Å². The maximum absolute atomic E-state index is 10.1. The van der Waals surface area contributed by atoms with Gasteiger partial charge in [-0.25, -0.2) is 0 Å². The van der Waals surface area contributed by atoms with Crippen LogP contribution in [0.3, 0.4) is 0 Å². The minimum atomic E-state index is -0.230. The van der Waals surface area contributed by atoms with Crippen molar-refractivity contribution >= 4 is 0 Å². The third-order valence-corrected chi connectivity index (χ3v) is 9.58. The maximum atomic E-state index is 10.1. The minimum Gasteiger partial charge on any atom is -0.378 e. The number of ether oxygens (including phenoxy) is 3. The van der Waals surface area contributed by atoms with Gasteiger partial charge in [0.25, 0.3) is 0 Å². The van der Waals surface area contributed by atoms with Gasteiger partial charge in [-0.2, -0.15) is 10.1 Å². The van der Waals surface area contributed by atoms with Crippen molar-refractivity contribution in [3.8, 4) is 0 Å². The highest BCUT2D eigenvalue weighted by Gasteiger charge is 2.52. The highest BCUT2D eigenvalue weighted by Crippen LogP contribution is 2.45. The van der Waals surface area contributed by atoms with E-state index in [1.165, 1.54) is 5.06 Å². The van der Waals surface area contributed by atoms with Crippen LogP contribution < -0.4 is 5.32 Å². The van der Waals surface area contributed by atoms with E-state index in [9.17, 15) is 5.21 Å². The summed E-state index contributed by atoms with van der Waals surface area (Å²) in [6, 6.07) is 0. The summed E-state index contributed by atoms with van der Waals surface area (Å²) < 4.78 is 16.9. The number of nitrogens with one attached hydrogen (secondary N) is 1. The molecular formula is C36H73N3O5. The summed E-state index contributed by atoms with van der Waals surface area (Å²) >= 11 is 0. The predicted molar refractivity (Wildman–Crippen MR) is 183 cm³/mol. The molecule has 8 heteroatoms. The number of methoxy groups -OCH3 is 3. The second kappa shape index (κ2) is 13.9. The molecule has 0 spiro atoms. The van der Waals surface area contributed by atoms with Gasteiger partial charge < -0.3 is 24.7 Å². The standard InChI is InChI=1S/C14H27NO2.C11H23NO2.C11H23NO/c1-8-9-17-15-12(2,3)10-14(6,16-7)11-13(15,4)5;1-9(2)7-11(5,14-6)8-10(3,4)12(9)13;1-9(2)7-11(5,13-6)8-10(3,4)12-9/h8H,1,9-11H2,2-7H3;13H,7-8H2,1-6H3;12H,7-8H2,1-6H3. The smallest absolute Gasteiger partial charge is 0.0864 e. The fraction of sp³-hybridized carbons (Fsp3) is 0.944. The maximum Gasteiger partial charge on any atom is 0.0864 e. The van der Waals surface area contributed by atoms with E-state index in [2.05, 4.69) is 93.1 Å². The summed E-state index contributed by atoms with van der Waals surface area (Å²) in [5.41, 5.74) is -0.394. The Kier molecular flexibility index (Phi) is 13.1. The zero-order valence-electron chi connectivity index (χ0n) is 32.2. The van der Waals surface area contributed by atoms with Crippen LogP contribution in [-0.2, 0) is 19.0 Å². The van der Waals surface area contributed by atoms with E-state index < -0.39 is 0 Å². The summed E-state index contributed by atoms with van der Waals surface area (Å²) in [7, 11) is 5.36. The third kappa shape index (κ3) is 11.0. The van der Waals surface area contributed by atoms with Crippen LogP contribution >= 0.6 is 0 Å². The lowest BCUT2D eigenvalue weighted by molar-refractivity contribution is -0.300. The molecule has 0 bridgehead atoms. The van der Waals surface area contributed by atoms with E-state index in [1.54, 1.807) is 20.3 Å². The van der Waals surface area contributed by atoms with E-state index >= 15 is 0 Å².